The van der Waals surface area contributed by atoms with Gasteiger partial charge in [0.05, 0.1) is 12.7 Å². The van der Waals surface area contributed by atoms with Crippen LogP contribution in [0.25, 0.3) is 11.0 Å². The third kappa shape index (κ3) is 3.35. The zero-order chi connectivity index (χ0) is 17.3. The Balaban J connectivity index is 1.46. The topological polar surface area (TPSA) is 85.5 Å². The van der Waals surface area contributed by atoms with Gasteiger partial charge in [0.25, 0.3) is 0 Å². The highest BCUT2D eigenvalue weighted by molar-refractivity contribution is 7.88. The van der Waals surface area contributed by atoms with E-state index in [0.717, 1.165) is 5.39 Å². The van der Waals surface area contributed by atoms with Crippen LogP contribution in [-0.4, -0.2) is 42.1 Å². The van der Waals surface area contributed by atoms with E-state index >= 15 is 0 Å². The molecule has 0 unspecified atom stereocenters. The van der Waals surface area contributed by atoms with Crippen molar-refractivity contribution in [2.45, 2.75) is 18.3 Å². The average molecular weight is 359 g/mol. The lowest BCUT2D eigenvalue weighted by Crippen LogP contribution is -2.32. The molecule has 1 aliphatic rings. The Morgan fingerprint density at radius 2 is 2.12 bits per heavy atom. The Morgan fingerprint density at radius 3 is 2.96 bits per heavy atom. The van der Waals surface area contributed by atoms with Crippen molar-refractivity contribution in [2.75, 3.05) is 13.1 Å². The van der Waals surface area contributed by atoms with E-state index in [1.165, 1.54) is 4.31 Å². The predicted octanol–water partition coefficient (Wildman–Crippen LogP) is 2.21. The second-order valence-corrected chi connectivity index (χ2v) is 7.93. The Hall–Kier alpha value is -2.45. The summed E-state index contributed by atoms with van der Waals surface area (Å²) in [5.41, 5.74) is 1.03. The standard InChI is InChI=1S/C17H17N3O4S/c21-25(22,12-16-15-5-1-2-6-17(15)24-19-16)20-9-7-14(11-20)23-13-4-3-8-18-10-13/h1-6,8,10,14H,7,9,11-12H2/t14-/m1/s1. The molecule has 1 fully saturated rings. The summed E-state index contributed by atoms with van der Waals surface area (Å²) in [6, 6.07) is 10.8. The van der Waals surface area contributed by atoms with Gasteiger partial charge < -0.3 is 9.26 Å². The van der Waals surface area contributed by atoms with E-state index in [0.29, 0.717) is 36.5 Å². The summed E-state index contributed by atoms with van der Waals surface area (Å²) in [6.45, 7) is 0.760. The summed E-state index contributed by atoms with van der Waals surface area (Å²) in [4.78, 5) is 4.00. The van der Waals surface area contributed by atoms with E-state index in [4.69, 9.17) is 9.26 Å². The smallest absolute Gasteiger partial charge is 0.220 e. The number of hydrogen-bond donors (Lipinski definition) is 0. The molecule has 4 rings (SSSR count). The Bertz CT molecular complexity index is 972. The lowest BCUT2D eigenvalue weighted by molar-refractivity contribution is 0.214. The van der Waals surface area contributed by atoms with Crippen LogP contribution < -0.4 is 4.74 Å². The monoisotopic (exact) mass is 359 g/mol. The van der Waals surface area contributed by atoms with Crippen LogP contribution in [0.3, 0.4) is 0 Å². The highest BCUT2D eigenvalue weighted by Gasteiger charge is 2.33. The van der Waals surface area contributed by atoms with E-state index in [1.807, 2.05) is 24.3 Å². The number of aromatic nitrogens is 2. The van der Waals surface area contributed by atoms with Gasteiger partial charge in [-0.2, -0.15) is 4.31 Å². The van der Waals surface area contributed by atoms with Crippen LogP contribution in [0.5, 0.6) is 5.75 Å². The molecule has 0 radical (unpaired) electrons. The lowest BCUT2D eigenvalue weighted by atomic mass is 10.2. The van der Waals surface area contributed by atoms with Crippen LogP contribution in [0.4, 0.5) is 0 Å². The maximum Gasteiger partial charge on any atom is 0.220 e. The summed E-state index contributed by atoms with van der Waals surface area (Å²) < 4.78 is 37.9. The van der Waals surface area contributed by atoms with Gasteiger partial charge in [-0.1, -0.05) is 17.3 Å². The first-order chi connectivity index (χ1) is 12.1. The van der Waals surface area contributed by atoms with Gasteiger partial charge in [-0.05, 0) is 30.7 Å². The largest absolute Gasteiger partial charge is 0.487 e. The number of pyridine rings is 1. The number of ether oxygens (including phenoxy) is 1. The zero-order valence-corrected chi connectivity index (χ0v) is 14.2. The number of hydrogen-bond acceptors (Lipinski definition) is 6. The van der Waals surface area contributed by atoms with Crippen molar-refractivity contribution in [2.24, 2.45) is 0 Å². The van der Waals surface area contributed by atoms with Gasteiger partial charge in [0, 0.05) is 18.1 Å². The minimum absolute atomic E-state index is 0.173. The lowest BCUT2D eigenvalue weighted by Gasteiger charge is -2.16. The molecule has 1 atom stereocenters. The molecule has 0 amide bonds. The van der Waals surface area contributed by atoms with Gasteiger partial charge in [-0.15, -0.1) is 0 Å². The highest BCUT2D eigenvalue weighted by Crippen LogP contribution is 2.24. The molecule has 25 heavy (non-hydrogen) atoms. The minimum Gasteiger partial charge on any atom is -0.487 e. The van der Waals surface area contributed by atoms with Crippen LogP contribution in [0.2, 0.25) is 0 Å². The van der Waals surface area contributed by atoms with Gasteiger partial charge in [0.1, 0.15) is 23.3 Å². The van der Waals surface area contributed by atoms with E-state index in [-0.39, 0.29) is 11.9 Å². The van der Waals surface area contributed by atoms with Crippen LogP contribution in [-0.2, 0) is 15.8 Å². The van der Waals surface area contributed by atoms with Crippen LogP contribution in [0.15, 0.2) is 53.3 Å². The first-order valence-corrected chi connectivity index (χ1v) is 9.60. The minimum atomic E-state index is -3.48. The maximum absolute atomic E-state index is 12.7. The fraction of sp³-hybridized carbons (Fsp3) is 0.294. The van der Waals surface area contributed by atoms with E-state index < -0.39 is 10.0 Å². The van der Waals surface area contributed by atoms with Gasteiger partial charge >= 0.3 is 0 Å². The summed E-state index contributed by atoms with van der Waals surface area (Å²) in [5.74, 6) is 0.470. The third-order valence-electron chi connectivity index (χ3n) is 4.21. The Kier molecular flexibility index (Phi) is 4.14. The molecule has 3 heterocycles. The second kappa shape index (κ2) is 6.45. The molecule has 0 bridgehead atoms. The summed E-state index contributed by atoms with van der Waals surface area (Å²) in [5, 5.41) is 4.65. The molecule has 1 aliphatic heterocycles. The van der Waals surface area contributed by atoms with Gasteiger partial charge in [0.15, 0.2) is 5.58 Å². The van der Waals surface area contributed by atoms with Crippen molar-refractivity contribution in [3.8, 4) is 5.75 Å². The molecule has 130 valence electrons. The molecule has 7 nitrogen and oxygen atoms in total. The summed E-state index contributed by atoms with van der Waals surface area (Å²) in [7, 11) is -3.48. The first-order valence-electron chi connectivity index (χ1n) is 7.99. The Morgan fingerprint density at radius 1 is 1.24 bits per heavy atom. The van der Waals surface area contributed by atoms with E-state index in [2.05, 4.69) is 10.1 Å². The molecule has 1 aromatic carbocycles. The molecule has 0 N–H and O–H groups in total. The number of benzene rings is 1. The van der Waals surface area contributed by atoms with Crippen molar-refractivity contribution in [1.82, 2.24) is 14.4 Å². The molecule has 1 saturated heterocycles. The highest BCUT2D eigenvalue weighted by atomic mass is 32.2. The predicted molar refractivity (Wildman–Crippen MR) is 91.5 cm³/mol. The van der Waals surface area contributed by atoms with Crippen molar-refractivity contribution >= 4 is 21.0 Å². The van der Waals surface area contributed by atoms with Crippen molar-refractivity contribution in [1.29, 1.82) is 0 Å². The normalized spacial score (nSPS) is 18.6. The molecule has 2 aromatic heterocycles. The maximum atomic E-state index is 12.7. The van der Waals surface area contributed by atoms with Crippen molar-refractivity contribution in [3.05, 3.63) is 54.5 Å². The quantitative estimate of drug-likeness (QED) is 0.694. The fourth-order valence-electron chi connectivity index (χ4n) is 2.96. The number of rotatable bonds is 5. The number of nitrogens with zero attached hydrogens (tertiary/aromatic N) is 3. The molecule has 8 heteroatoms. The van der Waals surface area contributed by atoms with Crippen molar-refractivity contribution in [3.63, 3.8) is 0 Å². The van der Waals surface area contributed by atoms with E-state index in [1.54, 1.807) is 24.5 Å². The first kappa shape index (κ1) is 16.0. The Labute approximate surface area is 145 Å². The van der Waals surface area contributed by atoms with E-state index in [9.17, 15) is 8.42 Å². The molecular weight excluding hydrogens is 342 g/mol. The van der Waals surface area contributed by atoms with Crippen molar-refractivity contribution < 1.29 is 17.7 Å². The molecular formula is C17H17N3O4S. The number of sulfonamides is 1. The van der Waals surface area contributed by atoms with Gasteiger partial charge in [-0.25, -0.2) is 8.42 Å². The average Bonchev–Trinajstić information content (AvgIpc) is 3.24. The van der Waals surface area contributed by atoms with Crippen LogP contribution in [0.1, 0.15) is 12.1 Å². The molecule has 0 aliphatic carbocycles. The SMILES string of the molecule is O=S(=O)(Cc1noc2ccccc12)N1CC[C@@H](Oc2cccnc2)C1. The van der Waals surface area contributed by atoms with Gasteiger partial charge in [-0.3, -0.25) is 4.98 Å². The molecule has 3 aromatic rings. The van der Waals surface area contributed by atoms with Gasteiger partial charge in [0.2, 0.25) is 10.0 Å². The number of para-hydroxylation sites is 1. The fourth-order valence-corrected chi connectivity index (χ4v) is 4.48. The van der Waals surface area contributed by atoms with Crippen LogP contribution >= 0.6 is 0 Å². The molecule has 0 spiro atoms. The number of fused-ring (bicyclic) bond motifs is 1. The third-order valence-corrected chi connectivity index (χ3v) is 5.97. The second-order valence-electron chi connectivity index (χ2n) is 5.96. The van der Waals surface area contributed by atoms with Crippen LogP contribution in [0, 0.1) is 0 Å². The summed E-state index contributed by atoms with van der Waals surface area (Å²) in [6.07, 6.45) is 3.76. The zero-order valence-electron chi connectivity index (χ0n) is 13.4. The summed E-state index contributed by atoms with van der Waals surface area (Å²) >= 11 is 0. The molecule has 0 saturated carbocycles.